The van der Waals surface area contributed by atoms with Crippen molar-refractivity contribution in [1.29, 1.82) is 0 Å². The molecule has 0 radical (unpaired) electrons. The third-order valence-corrected chi connectivity index (χ3v) is 1.10. The normalized spacial score (nSPS) is 13.5. The first kappa shape index (κ1) is 11.3. The number of aliphatic carboxylic acids is 1. The van der Waals surface area contributed by atoms with Crippen LogP contribution in [0.4, 0.5) is 0 Å². The van der Waals surface area contributed by atoms with Crippen molar-refractivity contribution in [2.75, 3.05) is 6.61 Å². The molecule has 0 aromatic rings. The number of carboxylic acids is 1. The summed E-state index contributed by atoms with van der Waals surface area (Å²) in [6.07, 6.45) is -0.0182. The van der Waals surface area contributed by atoms with Gasteiger partial charge in [-0.2, -0.15) is 0 Å². The van der Waals surface area contributed by atoms with Crippen molar-refractivity contribution in [3.05, 3.63) is 4.91 Å². The number of hydrogen-bond donors (Lipinski definition) is 2. The molecule has 0 amide bonds. The number of nitrogens with two attached hydrogens (primary N) is 1. The average molecular weight is 189 g/mol. The Balaban J connectivity index is 3.68. The van der Waals surface area contributed by atoms with Crippen LogP contribution < -0.4 is 5.73 Å². The van der Waals surface area contributed by atoms with Gasteiger partial charge >= 0.3 is 5.97 Å². The van der Waals surface area contributed by atoms with Gasteiger partial charge in [-0.15, -0.1) is 4.91 Å². The average Bonchev–Trinajstić information content (AvgIpc) is 2.03. The maximum absolute atomic E-state index is 10.2. The van der Waals surface area contributed by atoms with Crippen LogP contribution >= 0.6 is 0 Å². The Morgan fingerprint density at radius 2 is 2.31 bits per heavy atom. The molecule has 0 saturated carbocycles. The Bertz CT molecular complexity index is 212. The second kappa shape index (κ2) is 5.92. The highest BCUT2D eigenvalue weighted by atomic mass is 16.6. The van der Waals surface area contributed by atoms with E-state index in [1.165, 1.54) is 6.92 Å². The molecule has 0 aliphatic carbocycles. The highest BCUT2D eigenvalue weighted by Gasteiger charge is 2.17. The first-order valence-corrected chi connectivity index (χ1v) is 3.55. The summed E-state index contributed by atoms with van der Waals surface area (Å²) in [6, 6.07) is -1.28. The molecule has 0 aliphatic rings. The van der Waals surface area contributed by atoms with E-state index in [2.05, 4.69) is 15.2 Å². The van der Waals surface area contributed by atoms with Gasteiger partial charge in [0.05, 0.1) is 0 Å². The molecule has 74 valence electrons. The lowest BCUT2D eigenvalue weighted by molar-refractivity contribution is -0.138. The molecule has 0 heterocycles. The minimum absolute atomic E-state index is 0.00273. The summed E-state index contributed by atoms with van der Waals surface area (Å²) < 4.78 is 0. The monoisotopic (exact) mass is 189 g/mol. The van der Waals surface area contributed by atoms with E-state index in [4.69, 9.17) is 10.8 Å². The Kier molecular flexibility index (Phi) is 5.17. The van der Waals surface area contributed by atoms with E-state index in [0.29, 0.717) is 0 Å². The summed E-state index contributed by atoms with van der Waals surface area (Å²) in [4.78, 5) is 24.8. The van der Waals surface area contributed by atoms with Crippen molar-refractivity contribution < 1.29 is 14.7 Å². The Labute approximate surface area is 74.5 Å². The van der Waals surface area contributed by atoms with E-state index in [1.807, 2.05) is 0 Å². The topological polar surface area (TPSA) is 114 Å². The fourth-order valence-corrected chi connectivity index (χ4v) is 0.533. The van der Waals surface area contributed by atoms with E-state index in [-0.39, 0.29) is 18.9 Å². The van der Waals surface area contributed by atoms with Crippen molar-refractivity contribution >= 4 is 11.8 Å². The number of hydrogen-bond acceptors (Lipinski definition) is 5. The van der Waals surface area contributed by atoms with Crippen LogP contribution in [0, 0.1) is 4.91 Å². The van der Waals surface area contributed by atoms with Gasteiger partial charge in [0.2, 0.25) is 0 Å². The molecule has 0 saturated heterocycles. The fourth-order valence-electron chi connectivity index (χ4n) is 0.533. The van der Waals surface area contributed by atoms with Gasteiger partial charge in [0, 0.05) is 6.42 Å². The molecule has 0 aromatic carbocycles. The summed E-state index contributed by atoms with van der Waals surface area (Å²) in [6.45, 7) is 1.52. The molecule has 7 nitrogen and oxygen atoms in total. The SMILES string of the molecule is CC(N)=NOCC[C@H](N=O)C(=O)O. The zero-order chi connectivity index (χ0) is 10.3. The molecule has 0 fully saturated rings. The molecular formula is C6H11N3O4. The minimum Gasteiger partial charge on any atom is -0.480 e. The van der Waals surface area contributed by atoms with Crippen LogP contribution in [0.25, 0.3) is 0 Å². The van der Waals surface area contributed by atoms with Crippen molar-refractivity contribution in [2.24, 2.45) is 16.1 Å². The van der Waals surface area contributed by atoms with Gasteiger partial charge < -0.3 is 15.7 Å². The van der Waals surface area contributed by atoms with Crippen LogP contribution in [0.3, 0.4) is 0 Å². The summed E-state index contributed by atoms with van der Waals surface area (Å²) in [5.74, 6) is -1.04. The smallest absolute Gasteiger partial charge is 0.332 e. The second-order valence-electron chi connectivity index (χ2n) is 2.31. The van der Waals surface area contributed by atoms with Gasteiger partial charge in [0.15, 0.2) is 6.04 Å². The van der Waals surface area contributed by atoms with Gasteiger partial charge in [0.25, 0.3) is 0 Å². The van der Waals surface area contributed by atoms with Gasteiger partial charge in [-0.3, -0.25) is 0 Å². The molecule has 0 unspecified atom stereocenters. The number of carbonyl (C=O) groups is 1. The lowest BCUT2D eigenvalue weighted by atomic mass is 10.2. The van der Waals surface area contributed by atoms with Gasteiger partial charge in [0.1, 0.15) is 12.4 Å². The van der Waals surface area contributed by atoms with Crippen LogP contribution in [0.15, 0.2) is 10.3 Å². The number of rotatable bonds is 6. The number of carboxylic acid groups (broad SMARTS) is 1. The number of nitroso groups, excluding NO2 is 1. The number of nitrogens with zero attached hydrogens (tertiary/aromatic N) is 2. The maximum Gasteiger partial charge on any atom is 0.332 e. The van der Waals surface area contributed by atoms with Crippen molar-refractivity contribution in [2.45, 2.75) is 19.4 Å². The molecule has 1 atom stereocenters. The van der Waals surface area contributed by atoms with Gasteiger partial charge in [-0.25, -0.2) is 4.79 Å². The highest BCUT2D eigenvalue weighted by molar-refractivity contribution is 5.76. The molecule has 3 N–H and O–H groups in total. The molecule has 13 heavy (non-hydrogen) atoms. The quantitative estimate of drug-likeness (QED) is 0.199. The molecule has 0 bridgehead atoms. The molecule has 0 spiro atoms. The summed E-state index contributed by atoms with van der Waals surface area (Å²) in [5, 5.41) is 14.1. The van der Waals surface area contributed by atoms with Crippen LogP contribution in [0.5, 0.6) is 0 Å². The van der Waals surface area contributed by atoms with Crippen LogP contribution in [0.2, 0.25) is 0 Å². The molecule has 0 aromatic heterocycles. The maximum atomic E-state index is 10.2. The fraction of sp³-hybridized carbons (Fsp3) is 0.667. The Hall–Kier alpha value is -1.66. The van der Waals surface area contributed by atoms with Gasteiger partial charge in [-0.1, -0.05) is 10.3 Å². The number of oxime groups is 1. The summed E-state index contributed by atoms with van der Waals surface area (Å²) >= 11 is 0. The molecule has 0 rings (SSSR count). The van der Waals surface area contributed by atoms with E-state index in [1.54, 1.807) is 0 Å². The van der Waals surface area contributed by atoms with Crippen molar-refractivity contribution in [1.82, 2.24) is 0 Å². The zero-order valence-corrected chi connectivity index (χ0v) is 7.14. The van der Waals surface area contributed by atoms with E-state index < -0.39 is 12.0 Å². The predicted octanol–water partition coefficient (Wildman–Crippen LogP) is -0.0952. The van der Waals surface area contributed by atoms with Gasteiger partial charge in [-0.05, 0) is 6.92 Å². The van der Waals surface area contributed by atoms with Crippen LogP contribution in [-0.2, 0) is 9.63 Å². The van der Waals surface area contributed by atoms with E-state index in [0.717, 1.165) is 0 Å². The van der Waals surface area contributed by atoms with Crippen molar-refractivity contribution in [3.8, 4) is 0 Å². The zero-order valence-electron chi connectivity index (χ0n) is 7.14. The minimum atomic E-state index is -1.28. The molecule has 0 aliphatic heterocycles. The lowest BCUT2D eigenvalue weighted by Crippen LogP contribution is -2.19. The van der Waals surface area contributed by atoms with E-state index in [9.17, 15) is 9.70 Å². The molecular weight excluding hydrogens is 178 g/mol. The Morgan fingerprint density at radius 1 is 1.69 bits per heavy atom. The first-order valence-electron chi connectivity index (χ1n) is 3.55. The van der Waals surface area contributed by atoms with Crippen molar-refractivity contribution in [3.63, 3.8) is 0 Å². The third kappa shape index (κ3) is 5.59. The van der Waals surface area contributed by atoms with Crippen LogP contribution in [0.1, 0.15) is 13.3 Å². The van der Waals surface area contributed by atoms with E-state index >= 15 is 0 Å². The lowest BCUT2D eigenvalue weighted by Gasteiger charge is -2.01. The number of amidine groups is 1. The highest BCUT2D eigenvalue weighted by Crippen LogP contribution is 1.98. The molecule has 7 heteroatoms. The largest absolute Gasteiger partial charge is 0.480 e. The first-order chi connectivity index (χ1) is 6.07. The summed E-state index contributed by atoms with van der Waals surface area (Å²) in [5.41, 5.74) is 5.13. The predicted molar refractivity (Wildman–Crippen MR) is 45.1 cm³/mol. The standard InChI is InChI=1S/C6H11N3O4/c1-4(7)9-13-3-2-5(8-12)6(10)11/h5H,2-3H2,1H3,(H2,7,9)(H,10,11)/t5-/m0/s1. The summed E-state index contributed by atoms with van der Waals surface area (Å²) in [7, 11) is 0. The third-order valence-electron chi connectivity index (χ3n) is 1.10. The van der Waals surface area contributed by atoms with Crippen LogP contribution in [-0.4, -0.2) is 29.6 Å². The Morgan fingerprint density at radius 3 is 2.69 bits per heavy atom. The second-order valence-corrected chi connectivity index (χ2v) is 2.31.